The van der Waals surface area contributed by atoms with Gasteiger partial charge < -0.3 is 0 Å². The lowest BCUT2D eigenvalue weighted by molar-refractivity contribution is 0.932. The number of halogens is 1. The Morgan fingerprint density at radius 1 is 0.840 bits per heavy atom. The molecule has 5 rings (SSSR count). The number of fused-ring (bicyclic) bond motifs is 5. The summed E-state index contributed by atoms with van der Waals surface area (Å²) < 4.78 is 3.31. The average molecular weight is 346 g/mol. The second-order valence-electron chi connectivity index (χ2n) is 5.85. The van der Waals surface area contributed by atoms with Gasteiger partial charge in [0.2, 0.25) is 0 Å². The number of imidazole rings is 1. The Morgan fingerprint density at radius 2 is 1.60 bits per heavy atom. The van der Waals surface area contributed by atoms with E-state index in [0.29, 0.717) is 16.2 Å². The van der Waals surface area contributed by atoms with Crippen molar-refractivity contribution >= 4 is 39.2 Å². The van der Waals surface area contributed by atoms with Gasteiger partial charge in [0.25, 0.3) is 0 Å². The minimum absolute atomic E-state index is 0.185. The summed E-state index contributed by atoms with van der Waals surface area (Å²) in [5.41, 5.74) is 3.44. The Hall–Kier alpha value is -3.11. The van der Waals surface area contributed by atoms with Crippen molar-refractivity contribution in [3.63, 3.8) is 0 Å². The van der Waals surface area contributed by atoms with Crippen LogP contribution in [-0.2, 0) is 0 Å². The van der Waals surface area contributed by atoms with E-state index in [1.165, 1.54) is 0 Å². The van der Waals surface area contributed by atoms with Crippen LogP contribution < -0.4 is 5.69 Å². The van der Waals surface area contributed by atoms with Gasteiger partial charge >= 0.3 is 5.69 Å². The van der Waals surface area contributed by atoms with Gasteiger partial charge in [-0.25, -0.2) is 14.2 Å². The van der Waals surface area contributed by atoms with Gasteiger partial charge in [0.05, 0.1) is 27.3 Å². The second kappa shape index (κ2) is 5.19. The molecule has 3 aromatic carbocycles. The molecule has 0 N–H and O–H groups in total. The number of hydrogen-bond acceptors (Lipinski definition) is 2. The lowest BCUT2D eigenvalue weighted by atomic mass is 10.2. The molecule has 0 saturated carbocycles. The van der Waals surface area contributed by atoms with Crippen LogP contribution in [0.15, 0.2) is 77.6 Å². The first kappa shape index (κ1) is 14.3. The van der Waals surface area contributed by atoms with Gasteiger partial charge in [-0.05, 0) is 36.4 Å². The van der Waals surface area contributed by atoms with Gasteiger partial charge in [-0.1, -0.05) is 48.0 Å². The monoisotopic (exact) mass is 345 g/mol. The minimum atomic E-state index is -0.185. The van der Waals surface area contributed by atoms with Crippen LogP contribution in [0.3, 0.4) is 0 Å². The largest absolute Gasteiger partial charge is 0.339 e. The number of nitrogens with zero attached hydrogens (tertiary/aromatic N) is 3. The fourth-order valence-corrected chi connectivity index (χ4v) is 3.59. The van der Waals surface area contributed by atoms with Gasteiger partial charge in [0.15, 0.2) is 5.65 Å². The maximum Gasteiger partial charge on any atom is 0.339 e. The molecule has 0 spiro atoms. The molecule has 2 aromatic heterocycles. The zero-order valence-electron chi connectivity index (χ0n) is 13.1. The van der Waals surface area contributed by atoms with E-state index in [2.05, 4.69) is 4.98 Å². The summed E-state index contributed by atoms with van der Waals surface area (Å²) >= 11 is 6.49. The quantitative estimate of drug-likeness (QED) is 0.450. The van der Waals surface area contributed by atoms with E-state index in [4.69, 9.17) is 11.6 Å². The smallest absolute Gasteiger partial charge is 0.260 e. The molecule has 0 aliphatic carbocycles. The predicted octanol–water partition coefficient (Wildman–Crippen LogP) is 4.45. The lowest BCUT2D eigenvalue weighted by Gasteiger charge is -2.13. The predicted molar refractivity (Wildman–Crippen MR) is 101 cm³/mol. The molecule has 0 bridgehead atoms. The van der Waals surface area contributed by atoms with Crippen LogP contribution >= 0.6 is 11.6 Å². The van der Waals surface area contributed by atoms with Crippen LogP contribution in [0.1, 0.15) is 0 Å². The molecule has 5 aromatic rings. The highest BCUT2D eigenvalue weighted by Crippen LogP contribution is 2.28. The fraction of sp³-hybridized carbons (Fsp3) is 0. The molecule has 0 amide bonds. The first-order valence-electron chi connectivity index (χ1n) is 7.91. The summed E-state index contributed by atoms with van der Waals surface area (Å²) in [7, 11) is 0. The molecule has 0 aliphatic rings. The summed E-state index contributed by atoms with van der Waals surface area (Å²) in [5, 5.41) is 1.36. The maximum absolute atomic E-state index is 13.4. The SMILES string of the molecule is O=c1n(-c2ccccc2)c2c(Cl)cccc2c2nc3ccccc3n12. The van der Waals surface area contributed by atoms with Gasteiger partial charge in [-0.3, -0.25) is 4.57 Å². The maximum atomic E-state index is 13.4. The molecular formula is C20H12ClN3O. The number of rotatable bonds is 1. The standard InChI is InChI=1S/C20H12ClN3O/c21-15-10-6-9-14-18(15)23(13-7-2-1-3-8-13)20(25)24-17-12-5-4-11-16(17)22-19(14)24/h1-12H. The van der Waals surface area contributed by atoms with E-state index in [9.17, 15) is 4.79 Å². The van der Waals surface area contributed by atoms with Crippen LogP contribution in [0.5, 0.6) is 0 Å². The second-order valence-corrected chi connectivity index (χ2v) is 6.26. The van der Waals surface area contributed by atoms with Crippen molar-refractivity contribution < 1.29 is 0 Å². The molecule has 0 aliphatic heterocycles. The molecule has 0 fully saturated rings. The van der Waals surface area contributed by atoms with Crippen molar-refractivity contribution in [2.45, 2.75) is 0 Å². The first-order valence-corrected chi connectivity index (χ1v) is 8.29. The van der Waals surface area contributed by atoms with E-state index in [1.807, 2.05) is 66.7 Å². The van der Waals surface area contributed by atoms with E-state index < -0.39 is 0 Å². The van der Waals surface area contributed by atoms with Crippen LogP contribution in [-0.4, -0.2) is 14.0 Å². The summed E-state index contributed by atoms with van der Waals surface area (Å²) in [6.07, 6.45) is 0. The van der Waals surface area contributed by atoms with Gasteiger partial charge in [0, 0.05) is 5.39 Å². The van der Waals surface area contributed by atoms with Crippen molar-refractivity contribution in [3.05, 3.63) is 88.3 Å². The van der Waals surface area contributed by atoms with Gasteiger partial charge in [0.1, 0.15) is 0 Å². The Labute approximate surface area is 147 Å². The molecule has 5 heteroatoms. The van der Waals surface area contributed by atoms with Crippen LogP contribution in [0.4, 0.5) is 0 Å². The summed E-state index contributed by atoms with van der Waals surface area (Å²) in [4.78, 5) is 18.1. The molecule has 25 heavy (non-hydrogen) atoms. The number of benzene rings is 3. The van der Waals surface area contributed by atoms with Crippen molar-refractivity contribution in [2.75, 3.05) is 0 Å². The Bertz CT molecular complexity index is 1320. The third-order valence-electron chi connectivity index (χ3n) is 4.41. The highest BCUT2D eigenvalue weighted by atomic mass is 35.5. The van der Waals surface area contributed by atoms with Crippen LogP contribution in [0, 0.1) is 0 Å². The Balaban J connectivity index is 2.13. The molecule has 0 radical (unpaired) electrons. The van der Waals surface area contributed by atoms with E-state index in [-0.39, 0.29) is 5.69 Å². The van der Waals surface area contributed by atoms with Gasteiger partial charge in [-0.15, -0.1) is 0 Å². The third kappa shape index (κ3) is 1.95. The Morgan fingerprint density at radius 3 is 2.44 bits per heavy atom. The highest BCUT2D eigenvalue weighted by Gasteiger charge is 2.17. The number of hydrogen-bond donors (Lipinski definition) is 0. The van der Waals surface area contributed by atoms with Crippen molar-refractivity contribution in [1.82, 2.24) is 14.0 Å². The summed E-state index contributed by atoms with van der Waals surface area (Å²) in [6.45, 7) is 0. The molecule has 2 heterocycles. The van der Waals surface area contributed by atoms with E-state index in [0.717, 1.165) is 22.1 Å². The topological polar surface area (TPSA) is 39.3 Å². The zero-order valence-corrected chi connectivity index (χ0v) is 13.8. The van der Waals surface area contributed by atoms with E-state index >= 15 is 0 Å². The summed E-state index contributed by atoms with van der Waals surface area (Å²) in [5.74, 6) is 0. The normalized spacial score (nSPS) is 11.6. The summed E-state index contributed by atoms with van der Waals surface area (Å²) in [6, 6.07) is 22.8. The molecule has 0 atom stereocenters. The molecule has 120 valence electrons. The van der Waals surface area contributed by atoms with Crippen LogP contribution in [0.2, 0.25) is 5.02 Å². The first-order chi connectivity index (χ1) is 12.3. The van der Waals surface area contributed by atoms with E-state index in [1.54, 1.807) is 15.0 Å². The zero-order chi connectivity index (χ0) is 17.0. The number of aromatic nitrogens is 3. The fourth-order valence-electron chi connectivity index (χ4n) is 3.34. The molecular weight excluding hydrogens is 334 g/mol. The lowest BCUT2D eigenvalue weighted by Crippen LogP contribution is -2.26. The Kier molecular flexibility index (Phi) is 2.96. The average Bonchev–Trinajstić information content (AvgIpc) is 3.04. The third-order valence-corrected chi connectivity index (χ3v) is 4.71. The number of para-hydroxylation sites is 4. The van der Waals surface area contributed by atoms with Crippen molar-refractivity contribution in [3.8, 4) is 5.69 Å². The van der Waals surface area contributed by atoms with Crippen molar-refractivity contribution in [2.24, 2.45) is 0 Å². The highest BCUT2D eigenvalue weighted by molar-refractivity contribution is 6.35. The van der Waals surface area contributed by atoms with Crippen molar-refractivity contribution in [1.29, 1.82) is 0 Å². The molecule has 0 saturated heterocycles. The van der Waals surface area contributed by atoms with Crippen LogP contribution in [0.25, 0.3) is 33.3 Å². The molecule has 0 unspecified atom stereocenters. The molecule has 4 nitrogen and oxygen atoms in total. The minimum Gasteiger partial charge on any atom is -0.260 e. The van der Waals surface area contributed by atoms with Gasteiger partial charge in [-0.2, -0.15) is 0 Å².